The second-order valence-corrected chi connectivity index (χ2v) is 8.29. The average molecular weight is 430 g/mol. The summed E-state index contributed by atoms with van der Waals surface area (Å²) in [5, 5.41) is 0. The summed E-state index contributed by atoms with van der Waals surface area (Å²) < 4.78 is 5.30. The molecule has 4 heterocycles. The summed E-state index contributed by atoms with van der Waals surface area (Å²) >= 11 is 0. The lowest BCUT2D eigenvalue weighted by Crippen LogP contribution is -2.39. The van der Waals surface area contributed by atoms with Gasteiger partial charge in [-0.3, -0.25) is 9.78 Å². The van der Waals surface area contributed by atoms with Crippen LogP contribution in [0.4, 0.5) is 5.82 Å². The number of rotatable bonds is 4. The third kappa shape index (κ3) is 4.02. The molecular formula is C25H27N5O2. The van der Waals surface area contributed by atoms with Gasteiger partial charge in [0.05, 0.1) is 19.3 Å². The molecule has 0 radical (unpaired) electrons. The van der Waals surface area contributed by atoms with Gasteiger partial charge >= 0.3 is 0 Å². The molecule has 2 aliphatic heterocycles. The number of ether oxygens (including phenoxy) is 1. The van der Waals surface area contributed by atoms with Gasteiger partial charge in [-0.05, 0) is 49.6 Å². The second-order valence-electron chi connectivity index (χ2n) is 8.29. The van der Waals surface area contributed by atoms with E-state index in [1.165, 1.54) is 6.42 Å². The Balaban J connectivity index is 1.50. The molecule has 0 atom stereocenters. The molecular weight excluding hydrogens is 402 g/mol. The Hall–Kier alpha value is -3.48. The fourth-order valence-corrected chi connectivity index (χ4v) is 4.50. The third-order valence-corrected chi connectivity index (χ3v) is 6.22. The molecule has 164 valence electrons. The maximum Gasteiger partial charge on any atom is 0.254 e. The molecule has 0 aliphatic carbocycles. The highest BCUT2D eigenvalue weighted by Crippen LogP contribution is 2.31. The van der Waals surface area contributed by atoms with Crippen molar-refractivity contribution >= 4 is 11.7 Å². The number of piperidine rings is 1. The van der Waals surface area contributed by atoms with Gasteiger partial charge in [0, 0.05) is 55.1 Å². The molecule has 1 amide bonds. The van der Waals surface area contributed by atoms with E-state index in [0.717, 1.165) is 48.6 Å². The van der Waals surface area contributed by atoms with Crippen molar-refractivity contribution in [3.63, 3.8) is 0 Å². The number of pyridine rings is 1. The lowest BCUT2D eigenvalue weighted by Gasteiger charge is -2.34. The van der Waals surface area contributed by atoms with Gasteiger partial charge in [0.25, 0.3) is 5.91 Å². The number of methoxy groups -OCH3 is 1. The van der Waals surface area contributed by atoms with E-state index >= 15 is 0 Å². The zero-order valence-corrected chi connectivity index (χ0v) is 18.3. The van der Waals surface area contributed by atoms with Crippen molar-refractivity contribution in [2.45, 2.75) is 32.2 Å². The lowest BCUT2D eigenvalue weighted by molar-refractivity contribution is 0.0733. The molecule has 5 rings (SSSR count). The predicted molar refractivity (Wildman–Crippen MR) is 123 cm³/mol. The van der Waals surface area contributed by atoms with Crippen LogP contribution in [0.1, 0.15) is 40.9 Å². The number of amides is 1. The molecule has 0 unspecified atom stereocenters. The van der Waals surface area contributed by atoms with Gasteiger partial charge in [-0.2, -0.15) is 0 Å². The summed E-state index contributed by atoms with van der Waals surface area (Å²) in [5.74, 6) is 2.38. The highest BCUT2D eigenvalue weighted by atomic mass is 16.5. The molecule has 1 saturated heterocycles. The number of hydrogen-bond donors (Lipinski definition) is 0. The molecule has 7 heteroatoms. The van der Waals surface area contributed by atoms with Gasteiger partial charge < -0.3 is 14.5 Å². The minimum absolute atomic E-state index is 0.00970. The van der Waals surface area contributed by atoms with Crippen LogP contribution in [0.25, 0.3) is 11.4 Å². The van der Waals surface area contributed by atoms with Crippen molar-refractivity contribution in [1.29, 1.82) is 0 Å². The van der Waals surface area contributed by atoms with Crippen LogP contribution in [-0.2, 0) is 13.0 Å². The van der Waals surface area contributed by atoms with Crippen molar-refractivity contribution in [1.82, 2.24) is 19.9 Å². The molecule has 2 aromatic heterocycles. The van der Waals surface area contributed by atoms with E-state index in [9.17, 15) is 4.79 Å². The number of anilines is 1. The minimum Gasteiger partial charge on any atom is -0.497 e. The Morgan fingerprint density at radius 2 is 1.91 bits per heavy atom. The summed E-state index contributed by atoms with van der Waals surface area (Å²) in [6.45, 7) is 3.12. The Morgan fingerprint density at radius 1 is 1.03 bits per heavy atom. The predicted octanol–water partition coefficient (Wildman–Crippen LogP) is 3.74. The number of fused-ring (bicyclic) bond motifs is 1. The SMILES string of the molecule is COc1cccc(C(=O)N2CCc3nc(-c4cccnc4)nc(N4CCCCC4)c3C2)c1. The van der Waals surface area contributed by atoms with E-state index in [0.29, 0.717) is 36.6 Å². The van der Waals surface area contributed by atoms with Crippen LogP contribution in [0.5, 0.6) is 5.75 Å². The molecule has 0 spiro atoms. The van der Waals surface area contributed by atoms with Gasteiger partial charge in [0.1, 0.15) is 11.6 Å². The molecule has 2 aliphatic rings. The summed E-state index contributed by atoms with van der Waals surface area (Å²) in [6, 6.07) is 11.2. The fourth-order valence-electron chi connectivity index (χ4n) is 4.50. The largest absolute Gasteiger partial charge is 0.497 e. The maximum absolute atomic E-state index is 13.3. The van der Waals surface area contributed by atoms with Gasteiger partial charge in [-0.1, -0.05) is 6.07 Å². The van der Waals surface area contributed by atoms with Gasteiger partial charge in [-0.25, -0.2) is 9.97 Å². The quantitative estimate of drug-likeness (QED) is 0.629. The zero-order valence-electron chi connectivity index (χ0n) is 18.3. The molecule has 7 nitrogen and oxygen atoms in total. The highest BCUT2D eigenvalue weighted by molar-refractivity contribution is 5.94. The van der Waals surface area contributed by atoms with Gasteiger partial charge in [0.15, 0.2) is 5.82 Å². The van der Waals surface area contributed by atoms with Crippen LogP contribution in [0, 0.1) is 0 Å². The van der Waals surface area contributed by atoms with Crippen LogP contribution in [-0.4, -0.2) is 52.5 Å². The lowest BCUT2D eigenvalue weighted by atomic mass is 10.0. The number of benzene rings is 1. The van der Waals surface area contributed by atoms with Gasteiger partial charge in [-0.15, -0.1) is 0 Å². The van der Waals surface area contributed by atoms with Crippen LogP contribution in [0.15, 0.2) is 48.8 Å². The topological polar surface area (TPSA) is 71.5 Å². The van der Waals surface area contributed by atoms with E-state index in [2.05, 4.69) is 9.88 Å². The van der Waals surface area contributed by atoms with E-state index in [1.807, 2.05) is 41.4 Å². The number of carbonyl (C=O) groups excluding carboxylic acids is 1. The highest BCUT2D eigenvalue weighted by Gasteiger charge is 2.29. The first kappa shape index (κ1) is 20.4. The Morgan fingerprint density at radius 3 is 2.69 bits per heavy atom. The molecule has 0 N–H and O–H groups in total. The standard InChI is InChI=1S/C25H27N5O2/c1-32-20-9-5-7-18(15-20)25(31)30-14-10-22-21(17-30)24(29-12-3-2-4-13-29)28-23(27-22)19-8-6-11-26-16-19/h5-9,11,15-16H,2-4,10,12-14,17H2,1H3. The first-order chi connectivity index (χ1) is 15.7. The van der Waals surface area contributed by atoms with E-state index in [1.54, 1.807) is 19.4 Å². The van der Waals surface area contributed by atoms with Crippen molar-refractivity contribution in [2.75, 3.05) is 31.6 Å². The van der Waals surface area contributed by atoms with Gasteiger partial charge in [0.2, 0.25) is 0 Å². The maximum atomic E-state index is 13.3. The van der Waals surface area contributed by atoms with Crippen LogP contribution >= 0.6 is 0 Å². The molecule has 0 bridgehead atoms. The normalized spacial score (nSPS) is 15.9. The summed E-state index contributed by atoms with van der Waals surface area (Å²) in [6.07, 6.45) is 7.85. The summed E-state index contributed by atoms with van der Waals surface area (Å²) in [7, 11) is 1.61. The van der Waals surface area contributed by atoms with E-state index < -0.39 is 0 Å². The average Bonchev–Trinajstić information content (AvgIpc) is 2.88. The summed E-state index contributed by atoms with van der Waals surface area (Å²) in [5.41, 5.74) is 3.67. The third-order valence-electron chi connectivity index (χ3n) is 6.22. The molecule has 1 aromatic carbocycles. The van der Waals surface area contributed by atoms with Crippen LogP contribution in [0.3, 0.4) is 0 Å². The second kappa shape index (κ2) is 8.94. The zero-order chi connectivity index (χ0) is 21.9. The Bertz CT molecular complexity index is 1110. The van der Waals surface area contributed by atoms with Crippen LogP contribution < -0.4 is 9.64 Å². The van der Waals surface area contributed by atoms with Crippen molar-refractivity contribution < 1.29 is 9.53 Å². The Kier molecular flexibility index (Phi) is 5.71. The van der Waals surface area contributed by atoms with Crippen molar-refractivity contribution in [3.05, 3.63) is 65.6 Å². The fraction of sp³-hybridized carbons (Fsp3) is 0.360. The van der Waals surface area contributed by atoms with E-state index in [4.69, 9.17) is 14.7 Å². The smallest absolute Gasteiger partial charge is 0.254 e. The molecule has 1 fully saturated rings. The number of nitrogens with zero attached hydrogens (tertiary/aromatic N) is 5. The van der Waals surface area contributed by atoms with Crippen molar-refractivity contribution in [3.8, 4) is 17.1 Å². The molecule has 3 aromatic rings. The van der Waals surface area contributed by atoms with Crippen LogP contribution in [0.2, 0.25) is 0 Å². The number of carbonyl (C=O) groups is 1. The molecule has 32 heavy (non-hydrogen) atoms. The first-order valence-corrected chi connectivity index (χ1v) is 11.2. The first-order valence-electron chi connectivity index (χ1n) is 11.2. The number of hydrogen-bond acceptors (Lipinski definition) is 6. The summed E-state index contributed by atoms with van der Waals surface area (Å²) in [4.78, 5) is 31.7. The number of aromatic nitrogens is 3. The molecule has 0 saturated carbocycles. The minimum atomic E-state index is 0.00970. The van der Waals surface area contributed by atoms with Crippen molar-refractivity contribution in [2.24, 2.45) is 0 Å². The Labute approximate surface area is 188 Å². The van der Waals surface area contributed by atoms with E-state index in [-0.39, 0.29) is 5.91 Å². The monoisotopic (exact) mass is 429 g/mol.